The molecule has 5 nitrogen and oxygen atoms in total. The van der Waals surface area contributed by atoms with Gasteiger partial charge in [-0.1, -0.05) is 133 Å². The molecule has 4 heterocycles. The largest absolute Gasteiger partial charge is 0.460 e. The van der Waals surface area contributed by atoms with Crippen LogP contribution >= 0.6 is 11.3 Å². The third-order valence-corrected chi connectivity index (χ3v) is 12.9. The van der Waals surface area contributed by atoms with Crippen LogP contribution in [-0.2, 0) is 6.42 Å². The maximum atomic E-state index is 6.71. The molecule has 0 spiro atoms. The van der Waals surface area contributed by atoms with Gasteiger partial charge in [0.15, 0.2) is 0 Å². The van der Waals surface area contributed by atoms with Crippen molar-refractivity contribution in [2.45, 2.75) is 25.2 Å². The molecule has 0 bridgehead atoms. The van der Waals surface area contributed by atoms with Crippen LogP contribution in [0.25, 0.3) is 75.8 Å². The zero-order chi connectivity index (χ0) is 37.5. The van der Waals surface area contributed by atoms with Gasteiger partial charge in [0.05, 0.1) is 11.0 Å². The maximum absolute atomic E-state index is 6.71. The van der Waals surface area contributed by atoms with E-state index in [2.05, 4.69) is 179 Å². The Hall–Kier alpha value is -6.73. The second-order valence-corrected chi connectivity index (χ2v) is 16.1. The molecule has 2 N–H and O–H groups in total. The number of aryl methyl sites for hydroxylation is 1. The second-order valence-electron chi connectivity index (χ2n) is 15.1. The maximum Gasteiger partial charge on any atom is 0.144 e. The van der Waals surface area contributed by atoms with Crippen LogP contribution in [0.4, 0.5) is 0 Å². The summed E-state index contributed by atoms with van der Waals surface area (Å²) in [4.78, 5) is 5.15. The molecule has 1 aliphatic carbocycles. The lowest BCUT2D eigenvalue weighted by atomic mass is 9.96. The van der Waals surface area contributed by atoms with E-state index in [9.17, 15) is 0 Å². The highest BCUT2D eigenvalue weighted by atomic mass is 32.1. The summed E-state index contributed by atoms with van der Waals surface area (Å²) in [7, 11) is 0. The van der Waals surface area contributed by atoms with Gasteiger partial charge in [0.1, 0.15) is 29.5 Å². The number of rotatable bonds is 5. The lowest BCUT2D eigenvalue weighted by Crippen LogP contribution is -2.44. The first-order valence-corrected chi connectivity index (χ1v) is 20.5. The summed E-state index contributed by atoms with van der Waals surface area (Å²) < 4.78 is 11.7. The van der Waals surface area contributed by atoms with Crippen molar-refractivity contribution in [2.24, 2.45) is 4.99 Å². The molecule has 2 aliphatic rings. The van der Waals surface area contributed by atoms with Gasteiger partial charge < -0.3 is 14.3 Å². The number of amidine groups is 1. The van der Waals surface area contributed by atoms with Crippen LogP contribution in [0.5, 0.6) is 0 Å². The minimum absolute atomic E-state index is 0.173. The minimum atomic E-state index is -0.203. The molecule has 6 heteroatoms. The Morgan fingerprint density at radius 1 is 0.649 bits per heavy atom. The first-order chi connectivity index (χ1) is 28.2. The normalized spacial score (nSPS) is 16.7. The predicted molar refractivity (Wildman–Crippen MR) is 237 cm³/mol. The van der Waals surface area contributed by atoms with Crippen LogP contribution < -0.4 is 10.6 Å². The van der Waals surface area contributed by atoms with E-state index in [4.69, 9.17) is 9.41 Å². The zero-order valence-corrected chi connectivity index (χ0v) is 31.8. The number of benzene rings is 7. The van der Waals surface area contributed by atoms with Crippen LogP contribution in [0.3, 0.4) is 0 Å². The lowest BCUT2D eigenvalue weighted by molar-refractivity contribution is 0.409. The van der Waals surface area contributed by atoms with Crippen LogP contribution in [-0.4, -0.2) is 10.4 Å². The fourth-order valence-corrected chi connectivity index (χ4v) is 10.3. The highest BCUT2D eigenvalue weighted by molar-refractivity contribution is 7.26. The number of fused-ring (bicyclic) bond motifs is 10. The number of hydrogen-bond acceptors (Lipinski definition) is 5. The zero-order valence-electron chi connectivity index (χ0n) is 30.9. The summed E-state index contributed by atoms with van der Waals surface area (Å²) in [6, 6.07) is 56.8. The molecule has 2 atom stereocenters. The number of para-hydroxylation sites is 1. The van der Waals surface area contributed by atoms with Crippen molar-refractivity contribution in [3.05, 3.63) is 192 Å². The molecule has 0 saturated heterocycles. The monoisotopic (exact) mass is 752 g/mol. The highest BCUT2D eigenvalue weighted by Crippen LogP contribution is 2.48. The van der Waals surface area contributed by atoms with E-state index in [1.807, 2.05) is 17.4 Å². The van der Waals surface area contributed by atoms with E-state index in [-0.39, 0.29) is 12.3 Å². The van der Waals surface area contributed by atoms with E-state index < -0.39 is 0 Å². The van der Waals surface area contributed by atoms with Gasteiger partial charge in [-0.25, -0.2) is 4.99 Å². The second kappa shape index (κ2) is 12.9. The highest BCUT2D eigenvalue weighted by Gasteiger charge is 2.27. The van der Waals surface area contributed by atoms with Gasteiger partial charge in [-0.2, -0.15) is 0 Å². The molecular weight excluding hydrogens is 717 g/mol. The number of nitrogens with one attached hydrogen (secondary N) is 2. The van der Waals surface area contributed by atoms with Gasteiger partial charge in [-0.3, -0.25) is 5.32 Å². The van der Waals surface area contributed by atoms with Crippen molar-refractivity contribution in [3.8, 4) is 16.8 Å². The van der Waals surface area contributed by atoms with Crippen LogP contribution in [0.2, 0.25) is 0 Å². The number of allylic oxidation sites excluding steroid dienone is 1. The SMILES string of the molecule is C1=Cc2c(oc3c2cc(-c2ccc4c5ccc(C6NC(c7ccccc7)=NC(c7ccccc7)N6)cc5n(-c5ccccc5)c4c2)c2sc4ccccc4c23)CC1. The van der Waals surface area contributed by atoms with Gasteiger partial charge in [0, 0.05) is 65.1 Å². The third-order valence-electron chi connectivity index (χ3n) is 11.7. The van der Waals surface area contributed by atoms with Crippen LogP contribution in [0, 0.1) is 0 Å². The Morgan fingerprint density at radius 3 is 2.23 bits per heavy atom. The molecule has 12 rings (SSSR count). The number of aliphatic imine (C=N–C) groups is 1. The van der Waals surface area contributed by atoms with Crippen molar-refractivity contribution < 1.29 is 4.42 Å². The number of aromatic nitrogens is 1. The van der Waals surface area contributed by atoms with Crippen molar-refractivity contribution in [3.63, 3.8) is 0 Å². The van der Waals surface area contributed by atoms with Crippen LogP contribution in [0.1, 0.15) is 46.8 Å². The molecule has 1 aliphatic heterocycles. The average molecular weight is 753 g/mol. The van der Waals surface area contributed by atoms with Crippen molar-refractivity contribution in [2.75, 3.05) is 0 Å². The molecule has 0 saturated carbocycles. The molecule has 10 aromatic rings. The Kier molecular flexibility index (Phi) is 7.37. The first-order valence-electron chi connectivity index (χ1n) is 19.7. The third kappa shape index (κ3) is 5.22. The number of hydrogen-bond donors (Lipinski definition) is 2. The summed E-state index contributed by atoms with van der Waals surface area (Å²) in [5.74, 6) is 1.97. The van der Waals surface area contributed by atoms with E-state index in [1.165, 1.54) is 58.5 Å². The van der Waals surface area contributed by atoms with E-state index >= 15 is 0 Å². The number of nitrogens with zero attached hydrogens (tertiary/aromatic N) is 2. The summed E-state index contributed by atoms with van der Waals surface area (Å²) in [5.41, 5.74) is 11.5. The average Bonchev–Trinajstić information content (AvgIpc) is 3.96. The fraction of sp³-hybridized carbons (Fsp3) is 0.0784. The van der Waals surface area contributed by atoms with Crippen molar-refractivity contribution in [1.82, 2.24) is 15.2 Å². The molecule has 272 valence electrons. The van der Waals surface area contributed by atoms with Gasteiger partial charge in [0.2, 0.25) is 0 Å². The Morgan fingerprint density at radius 2 is 1.39 bits per heavy atom. The summed E-state index contributed by atoms with van der Waals surface area (Å²) >= 11 is 1.86. The fourth-order valence-electron chi connectivity index (χ4n) is 9.02. The minimum Gasteiger partial charge on any atom is -0.460 e. The van der Waals surface area contributed by atoms with Crippen molar-refractivity contribution in [1.29, 1.82) is 0 Å². The Balaban J connectivity index is 1.06. The first kappa shape index (κ1) is 32.5. The molecule has 57 heavy (non-hydrogen) atoms. The summed E-state index contributed by atoms with van der Waals surface area (Å²) in [5, 5.41) is 13.7. The van der Waals surface area contributed by atoms with E-state index in [0.717, 1.165) is 57.9 Å². The molecule has 3 aromatic heterocycles. The predicted octanol–water partition coefficient (Wildman–Crippen LogP) is 12.9. The topological polar surface area (TPSA) is 54.5 Å². The standard InChI is InChI=1S/C51H36N4OS/c1-4-14-31(15-5-1)49-52-50(32-16-6-2-7-17-32)54-51(53-49)34-25-27-37-36-26-24-33(28-42(36)55(43(37)29-34)35-18-8-3-9-19-35)40-30-41-38-20-10-12-22-44(38)56-47(41)46-39-21-11-13-23-45(39)57-48(40)46/h1-11,13-21,23-30,49,51,53H,12,22H2,(H,52,54). The molecule has 2 unspecified atom stereocenters. The smallest absolute Gasteiger partial charge is 0.144 e. The number of thiophene rings is 1. The lowest BCUT2D eigenvalue weighted by Gasteiger charge is -2.32. The molecular formula is C51H36N4OS. The van der Waals surface area contributed by atoms with Gasteiger partial charge >= 0.3 is 0 Å². The van der Waals surface area contributed by atoms with E-state index in [1.54, 1.807) is 0 Å². The van der Waals surface area contributed by atoms with Crippen LogP contribution in [0.15, 0.2) is 173 Å². The molecule has 0 fully saturated rings. The van der Waals surface area contributed by atoms with Gasteiger partial charge in [0.25, 0.3) is 0 Å². The van der Waals surface area contributed by atoms with Crippen molar-refractivity contribution >= 4 is 76.2 Å². The molecule has 0 radical (unpaired) electrons. The Labute approximate surface area is 333 Å². The number of furan rings is 1. The van der Waals surface area contributed by atoms with E-state index in [0.29, 0.717) is 0 Å². The molecule has 7 aromatic carbocycles. The van der Waals surface area contributed by atoms with Gasteiger partial charge in [-0.15, -0.1) is 11.3 Å². The van der Waals surface area contributed by atoms with Gasteiger partial charge in [-0.05, 0) is 59.5 Å². The summed E-state index contributed by atoms with van der Waals surface area (Å²) in [6.45, 7) is 0. The Bertz CT molecular complexity index is 3250. The quantitative estimate of drug-likeness (QED) is 0.184. The molecule has 0 amide bonds. The summed E-state index contributed by atoms with van der Waals surface area (Å²) in [6.07, 6.45) is 6.11.